The average Bonchev–Trinajstić information content (AvgIpc) is 2.77. The Bertz CT molecular complexity index is 580. The van der Waals surface area contributed by atoms with Gasteiger partial charge in [0.15, 0.2) is 0 Å². The van der Waals surface area contributed by atoms with Gasteiger partial charge in [-0.15, -0.1) is 0 Å². The molecule has 2 aromatic heterocycles. The van der Waals surface area contributed by atoms with Crippen LogP contribution in [0.3, 0.4) is 0 Å². The topological polar surface area (TPSA) is 92.5 Å². The summed E-state index contributed by atoms with van der Waals surface area (Å²) in [6, 6.07) is 3.60. The van der Waals surface area contributed by atoms with Gasteiger partial charge in [0.05, 0.1) is 11.3 Å². The summed E-state index contributed by atoms with van der Waals surface area (Å²) >= 11 is 0. The second-order valence-corrected chi connectivity index (χ2v) is 3.90. The number of anilines is 2. The van der Waals surface area contributed by atoms with Crippen LogP contribution in [-0.2, 0) is 13.5 Å². The molecule has 92 valence electrons. The van der Waals surface area contributed by atoms with E-state index in [0.29, 0.717) is 23.6 Å². The van der Waals surface area contributed by atoms with Crippen LogP contribution < -0.4 is 11.1 Å². The van der Waals surface area contributed by atoms with Crippen molar-refractivity contribution in [2.24, 2.45) is 7.05 Å². The first-order valence-electron chi connectivity index (χ1n) is 5.56. The molecule has 0 fully saturated rings. The van der Waals surface area contributed by atoms with E-state index < -0.39 is 0 Å². The van der Waals surface area contributed by atoms with Crippen LogP contribution in [0.1, 0.15) is 11.4 Å². The number of pyridine rings is 1. The van der Waals surface area contributed by atoms with Crippen molar-refractivity contribution in [3.8, 4) is 6.07 Å². The van der Waals surface area contributed by atoms with E-state index in [9.17, 15) is 0 Å². The lowest BCUT2D eigenvalue weighted by Crippen LogP contribution is -2.11. The van der Waals surface area contributed by atoms with Crippen molar-refractivity contribution in [3.63, 3.8) is 0 Å². The molecule has 0 aromatic carbocycles. The van der Waals surface area contributed by atoms with Crippen molar-refractivity contribution < 1.29 is 0 Å². The number of hydrogen-bond donors (Lipinski definition) is 2. The number of rotatable bonds is 4. The van der Waals surface area contributed by atoms with Gasteiger partial charge in [0.2, 0.25) is 0 Å². The van der Waals surface area contributed by atoms with Crippen LogP contribution in [0.2, 0.25) is 0 Å². The van der Waals surface area contributed by atoms with Gasteiger partial charge in [0.1, 0.15) is 17.7 Å². The van der Waals surface area contributed by atoms with E-state index in [1.54, 1.807) is 12.3 Å². The van der Waals surface area contributed by atoms with E-state index in [2.05, 4.69) is 15.3 Å². The van der Waals surface area contributed by atoms with E-state index in [1.165, 1.54) is 6.20 Å². The quantitative estimate of drug-likeness (QED) is 0.831. The van der Waals surface area contributed by atoms with Crippen LogP contribution in [0.4, 0.5) is 11.5 Å². The van der Waals surface area contributed by atoms with Crippen LogP contribution in [0.15, 0.2) is 24.7 Å². The molecular formula is C12H14N6. The normalized spacial score (nSPS) is 10.0. The Morgan fingerprint density at radius 3 is 2.94 bits per heavy atom. The first-order valence-corrected chi connectivity index (χ1v) is 5.56. The summed E-state index contributed by atoms with van der Waals surface area (Å²) in [6.45, 7) is 0.688. The van der Waals surface area contributed by atoms with Crippen molar-refractivity contribution in [1.29, 1.82) is 5.26 Å². The van der Waals surface area contributed by atoms with Crippen LogP contribution in [0.5, 0.6) is 0 Å². The van der Waals surface area contributed by atoms with Gasteiger partial charge in [-0.2, -0.15) is 5.26 Å². The van der Waals surface area contributed by atoms with E-state index in [1.807, 2.05) is 23.9 Å². The fourth-order valence-corrected chi connectivity index (χ4v) is 1.62. The second-order valence-electron chi connectivity index (χ2n) is 3.90. The summed E-state index contributed by atoms with van der Waals surface area (Å²) < 4.78 is 1.97. The van der Waals surface area contributed by atoms with E-state index in [-0.39, 0.29) is 0 Å². The van der Waals surface area contributed by atoms with Gasteiger partial charge >= 0.3 is 0 Å². The molecule has 0 saturated carbocycles. The predicted molar refractivity (Wildman–Crippen MR) is 68.8 cm³/mol. The number of nitrogens with two attached hydrogens (primary N) is 1. The number of nitriles is 1. The molecule has 2 aromatic rings. The lowest BCUT2D eigenvalue weighted by atomic mass is 10.2. The molecule has 0 atom stereocenters. The number of aryl methyl sites for hydroxylation is 1. The Morgan fingerprint density at radius 1 is 1.50 bits per heavy atom. The number of nitrogens with one attached hydrogen (secondary N) is 1. The molecule has 0 amide bonds. The number of nitrogens with zero attached hydrogens (tertiary/aromatic N) is 4. The van der Waals surface area contributed by atoms with Crippen molar-refractivity contribution in [3.05, 3.63) is 36.0 Å². The zero-order valence-electron chi connectivity index (χ0n) is 10.1. The van der Waals surface area contributed by atoms with Gasteiger partial charge in [-0.05, 0) is 6.07 Å². The standard InChI is InChI=1S/C12H14N6/c1-18-5-4-15-11(18)2-3-16-12-10(14)6-9(7-13)8-17-12/h4-6,8H,2-3,14H2,1H3,(H,16,17). The lowest BCUT2D eigenvalue weighted by Gasteiger charge is -2.08. The van der Waals surface area contributed by atoms with Crippen molar-refractivity contribution >= 4 is 11.5 Å². The van der Waals surface area contributed by atoms with Gasteiger partial charge < -0.3 is 15.6 Å². The van der Waals surface area contributed by atoms with Gasteiger partial charge in [0.25, 0.3) is 0 Å². The average molecular weight is 242 g/mol. The summed E-state index contributed by atoms with van der Waals surface area (Å²) in [5, 5.41) is 11.8. The Balaban J connectivity index is 1.95. The van der Waals surface area contributed by atoms with Gasteiger partial charge in [-0.25, -0.2) is 9.97 Å². The Morgan fingerprint density at radius 2 is 2.33 bits per heavy atom. The number of imidazole rings is 1. The largest absolute Gasteiger partial charge is 0.396 e. The molecule has 0 aliphatic rings. The molecule has 3 N–H and O–H groups in total. The third-order valence-corrected chi connectivity index (χ3v) is 2.61. The molecule has 0 bridgehead atoms. The molecule has 6 nitrogen and oxygen atoms in total. The molecule has 18 heavy (non-hydrogen) atoms. The molecule has 0 radical (unpaired) electrons. The summed E-state index contributed by atoms with van der Waals surface area (Å²) in [7, 11) is 1.96. The molecule has 2 rings (SSSR count). The summed E-state index contributed by atoms with van der Waals surface area (Å²) in [6.07, 6.45) is 5.96. The van der Waals surface area contributed by atoms with Crippen LogP contribution in [0, 0.1) is 11.3 Å². The highest BCUT2D eigenvalue weighted by atomic mass is 15.0. The minimum Gasteiger partial charge on any atom is -0.396 e. The molecule has 0 saturated heterocycles. The Labute approximate surface area is 105 Å². The number of nitrogen functional groups attached to an aromatic ring is 1. The molecule has 0 spiro atoms. The number of aromatic nitrogens is 3. The van der Waals surface area contributed by atoms with Crippen LogP contribution in [0.25, 0.3) is 0 Å². The second kappa shape index (κ2) is 5.19. The Hall–Kier alpha value is -2.55. The van der Waals surface area contributed by atoms with Crippen LogP contribution >= 0.6 is 0 Å². The smallest absolute Gasteiger partial charge is 0.149 e. The molecule has 6 heteroatoms. The van der Waals surface area contributed by atoms with E-state index >= 15 is 0 Å². The van der Waals surface area contributed by atoms with Gasteiger partial charge in [-0.1, -0.05) is 0 Å². The first kappa shape index (κ1) is 11.9. The maximum absolute atomic E-state index is 8.71. The Kier molecular flexibility index (Phi) is 3.44. The van der Waals surface area contributed by atoms with E-state index in [4.69, 9.17) is 11.0 Å². The van der Waals surface area contributed by atoms with Crippen molar-refractivity contribution in [2.75, 3.05) is 17.6 Å². The molecule has 2 heterocycles. The van der Waals surface area contributed by atoms with Gasteiger partial charge in [-0.3, -0.25) is 0 Å². The van der Waals surface area contributed by atoms with Crippen molar-refractivity contribution in [1.82, 2.24) is 14.5 Å². The highest BCUT2D eigenvalue weighted by Crippen LogP contribution is 2.15. The molecule has 0 unspecified atom stereocenters. The summed E-state index contributed by atoms with van der Waals surface area (Å²) in [4.78, 5) is 8.33. The molecular weight excluding hydrogens is 228 g/mol. The predicted octanol–water partition coefficient (Wildman–Crippen LogP) is 0.924. The summed E-state index contributed by atoms with van der Waals surface area (Å²) in [5.74, 6) is 1.60. The molecule has 0 aliphatic carbocycles. The van der Waals surface area contributed by atoms with Gasteiger partial charge in [0, 0.05) is 38.6 Å². The SMILES string of the molecule is Cn1ccnc1CCNc1ncc(C#N)cc1N. The fourth-order valence-electron chi connectivity index (χ4n) is 1.62. The first-order chi connectivity index (χ1) is 8.70. The minimum absolute atomic E-state index is 0.460. The minimum atomic E-state index is 0.460. The lowest BCUT2D eigenvalue weighted by molar-refractivity contribution is 0.788. The number of hydrogen-bond acceptors (Lipinski definition) is 5. The zero-order chi connectivity index (χ0) is 13.0. The summed E-state index contributed by atoms with van der Waals surface area (Å²) in [5.41, 5.74) is 6.73. The maximum atomic E-state index is 8.71. The highest BCUT2D eigenvalue weighted by molar-refractivity contribution is 5.62. The molecule has 0 aliphatic heterocycles. The van der Waals surface area contributed by atoms with Crippen LogP contribution in [-0.4, -0.2) is 21.1 Å². The third kappa shape index (κ3) is 2.58. The van der Waals surface area contributed by atoms with E-state index in [0.717, 1.165) is 12.2 Å². The monoisotopic (exact) mass is 242 g/mol. The van der Waals surface area contributed by atoms with Crippen molar-refractivity contribution in [2.45, 2.75) is 6.42 Å². The fraction of sp³-hybridized carbons (Fsp3) is 0.250. The third-order valence-electron chi connectivity index (χ3n) is 2.61. The maximum Gasteiger partial charge on any atom is 0.149 e. The highest BCUT2D eigenvalue weighted by Gasteiger charge is 2.03. The zero-order valence-corrected chi connectivity index (χ0v) is 10.1.